The van der Waals surface area contributed by atoms with Crippen molar-refractivity contribution in [3.05, 3.63) is 0 Å². The van der Waals surface area contributed by atoms with Crippen molar-refractivity contribution in [3.8, 4) is 0 Å². The van der Waals surface area contributed by atoms with Gasteiger partial charge in [-0.25, -0.2) is 4.79 Å². The molecule has 0 spiro atoms. The molecule has 2 atom stereocenters. The molecule has 2 N–H and O–H groups in total. The van der Waals surface area contributed by atoms with E-state index in [1.165, 1.54) is 0 Å². The molecule has 1 fully saturated rings. The monoisotopic (exact) mass is 384 g/mol. The maximum Gasteiger partial charge on any atom is 0.407 e. The summed E-state index contributed by atoms with van der Waals surface area (Å²) < 4.78 is 10.6. The summed E-state index contributed by atoms with van der Waals surface area (Å²) in [5, 5.41) is 5.09. The smallest absolute Gasteiger partial charge is 0.407 e. The molecule has 1 heterocycles. The quantitative estimate of drug-likeness (QED) is 0.673. The fourth-order valence-electron chi connectivity index (χ4n) is 2.49. The van der Waals surface area contributed by atoms with E-state index in [9.17, 15) is 19.2 Å². The Hall–Kier alpha value is -1.96. The number of hydrogen-bond donors (Lipinski definition) is 2. The van der Waals surface area contributed by atoms with Crippen LogP contribution in [0, 0.1) is 11.3 Å². The van der Waals surface area contributed by atoms with E-state index in [-0.39, 0.29) is 30.1 Å². The van der Waals surface area contributed by atoms with Crippen molar-refractivity contribution in [2.75, 3.05) is 19.8 Å². The number of alkyl carbamates (subject to hydrolysis) is 1. The van der Waals surface area contributed by atoms with Gasteiger partial charge >= 0.3 is 6.09 Å². The minimum atomic E-state index is -1.13. The van der Waals surface area contributed by atoms with Crippen molar-refractivity contribution >= 4 is 23.6 Å². The number of amides is 2. The first-order chi connectivity index (χ1) is 12.5. The van der Waals surface area contributed by atoms with Gasteiger partial charge in [-0.3, -0.25) is 14.4 Å². The van der Waals surface area contributed by atoms with Gasteiger partial charge in [0.1, 0.15) is 6.10 Å². The van der Waals surface area contributed by atoms with Gasteiger partial charge in [0.05, 0.1) is 12.6 Å². The molecule has 0 saturated carbocycles. The molecule has 1 saturated heterocycles. The summed E-state index contributed by atoms with van der Waals surface area (Å²) in [6.07, 6.45) is -0.700. The number of carbonyl (C=O) groups excluding carboxylic acids is 4. The van der Waals surface area contributed by atoms with E-state index in [1.54, 1.807) is 13.8 Å². The average molecular weight is 384 g/mol. The first kappa shape index (κ1) is 23.1. The van der Waals surface area contributed by atoms with Gasteiger partial charge in [-0.2, -0.15) is 0 Å². The Morgan fingerprint density at radius 1 is 1.26 bits per heavy atom. The second-order valence-corrected chi connectivity index (χ2v) is 8.36. The minimum absolute atomic E-state index is 0.195. The maximum absolute atomic E-state index is 12.7. The van der Waals surface area contributed by atoms with Crippen molar-refractivity contribution in [1.29, 1.82) is 0 Å². The summed E-state index contributed by atoms with van der Waals surface area (Å²) in [6, 6.07) is -0.829. The topological polar surface area (TPSA) is 111 Å². The van der Waals surface area contributed by atoms with Crippen LogP contribution in [0.2, 0.25) is 0 Å². The molecule has 0 aliphatic carbocycles. The van der Waals surface area contributed by atoms with Crippen molar-refractivity contribution < 1.29 is 28.7 Å². The van der Waals surface area contributed by atoms with Gasteiger partial charge in [0, 0.05) is 19.6 Å². The lowest BCUT2D eigenvalue weighted by Crippen LogP contribution is -2.48. The van der Waals surface area contributed by atoms with Crippen molar-refractivity contribution in [2.45, 2.75) is 66.0 Å². The number of nitrogens with one attached hydrogen (secondary N) is 2. The van der Waals surface area contributed by atoms with E-state index in [0.29, 0.717) is 26.0 Å². The third-order valence-electron chi connectivity index (χ3n) is 4.00. The van der Waals surface area contributed by atoms with Gasteiger partial charge in [-0.15, -0.1) is 0 Å². The number of carbonyl (C=O) groups is 4. The zero-order chi connectivity index (χ0) is 20.6. The van der Waals surface area contributed by atoms with Crippen molar-refractivity contribution in [3.63, 3.8) is 0 Å². The molecule has 154 valence electrons. The zero-order valence-corrected chi connectivity index (χ0v) is 16.9. The standard InChI is InChI=1S/C19H32N2O6/c1-12(2)15(21-18(25)27-11-19(3,4)5)13(22)10-14-16(23)17(24)20-8-6-7-9-26-14/h12,14-15H,6-11H2,1-5H3,(H,20,24)(H,21,25). The predicted molar refractivity (Wildman–Crippen MR) is 99.2 cm³/mol. The van der Waals surface area contributed by atoms with Gasteiger partial charge in [0.15, 0.2) is 5.78 Å². The van der Waals surface area contributed by atoms with E-state index in [4.69, 9.17) is 9.47 Å². The molecule has 2 amide bonds. The Labute approximate surface area is 160 Å². The van der Waals surface area contributed by atoms with Crippen molar-refractivity contribution in [2.24, 2.45) is 11.3 Å². The lowest BCUT2D eigenvalue weighted by molar-refractivity contribution is -0.146. The van der Waals surface area contributed by atoms with Gasteiger partial charge in [-0.1, -0.05) is 34.6 Å². The Kier molecular flexibility index (Phi) is 8.88. The lowest BCUT2D eigenvalue weighted by Gasteiger charge is -2.24. The molecule has 0 aromatic rings. The number of ketones is 2. The van der Waals surface area contributed by atoms with E-state index in [0.717, 1.165) is 0 Å². The number of Topliss-reactive ketones (excluding diaryl/α,β-unsaturated/α-hetero) is 2. The van der Waals surface area contributed by atoms with Crippen LogP contribution in [0.3, 0.4) is 0 Å². The average Bonchev–Trinajstić information content (AvgIpc) is 2.63. The normalized spacial score (nSPS) is 20.1. The van der Waals surface area contributed by atoms with Crippen LogP contribution in [0.4, 0.5) is 4.79 Å². The molecule has 8 nitrogen and oxygen atoms in total. The molecular formula is C19H32N2O6. The highest BCUT2D eigenvalue weighted by Gasteiger charge is 2.33. The van der Waals surface area contributed by atoms with Crippen LogP contribution < -0.4 is 10.6 Å². The van der Waals surface area contributed by atoms with E-state index in [1.807, 2.05) is 20.8 Å². The van der Waals surface area contributed by atoms with Crippen molar-refractivity contribution in [1.82, 2.24) is 10.6 Å². The summed E-state index contributed by atoms with van der Waals surface area (Å²) >= 11 is 0. The second-order valence-electron chi connectivity index (χ2n) is 8.36. The molecule has 0 radical (unpaired) electrons. The molecule has 27 heavy (non-hydrogen) atoms. The number of hydrogen-bond acceptors (Lipinski definition) is 6. The number of ether oxygens (including phenoxy) is 2. The Balaban J connectivity index is 2.73. The maximum atomic E-state index is 12.7. The number of rotatable bonds is 6. The molecule has 0 aromatic heterocycles. The summed E-state index contributed by atoms with van der Waals surface area (Å²) in [5.74, 6) is -2.08. The summed E-state index contributed by atoms with van der Waals surface area (Å²) in [6.45, 7) is 10.3. The SMILES string of the molecule is CC(C)C(NC(=O)OCC(C)(C)C)C(=O)CC1OCCCCNC(=O)C1=O. The minimum Gasteiger partial charge on any atom is -0.449 e. The van der Waals surface area contributed by atoms with Gasteiger partial charge < -0.3 is 20.1 Å². The van der Waals surface area contributed by atoms with Gasteiger partial charge in [0.25, 0.3) is 5.91 Å². The largest absolute Gasteiger partial charge is 0.449 e. The molecule has 1 rings (SSSR count). The highest BCUT2D eigenvalue weighted by Crippen LogP contribution is 2.14. The zero-order valence-electron chi connectivity index (χ0n) is 16.9. The van der Waals surface area contributed by atoms with E-state index >= 15 is 0 Å². The third kappa shape index (κ3) is 8.51. The second kappa shape index (κ2) is 10.4. The molecule has 0 bridgehead atoms. The molecule has 1 aliphatic heterocycles. The van der Waals surface area contributed by atoms with Crippen LogP contribution in [-0.4, -0.2) is 55.5 Å². The lowest BCUT2D eigenvalue weighted by atomic mass is 9.95. The fourth-order valence-corrected chi connectivity index (χ4v) is 2.49. The van der Waals surface area contributed by atoms with Crippen LogP contribution in [0.1, 0.15) is 53.9 Å². The molecular weight excluding hydrogens is 352 g/mol. The summed E-state index contributed by atoms with van der Waals surface area (Å²) in [4.78, 5) is 48.8. The highest BCUT2D eigenvalue weighted by molar-refractivity contribution is 6.38. The van der Waals surface area contributed by atoms with Crippen LogP contribution in [-0.2, 0) is 23.9 Å². The Morgan fingerprint density at radius 3 is 2.52 bits per heavy atom. The van der Waals surface area contributed by atoms with Crippen LogP contribution in [0.15, 0.2) is 0 Å². The highest BCUT2D eigenvalue weighted by atomic mass is 16.5. The van der Waals surface area contributed by atoms with Crippen LogP contribution in [0.5, 0.6) is 0 Å². The summed E-state index contributed by atoms with van der Waals surface area (Å²) in [5.41, 5.74) is -0.195. The summed E-state index contributed by atoms with van der Waals surface area (Å²) in [7, 11) is 0. The van der Waals surface area contributed by atoms with Crippen LogP contribution >= 0.6 is 0 Å². The molecule has 8 heteroatoms. The Bertz CT molecular complexity index is 553. The first-order valence-electron chi connectivity index (χ1n) is 9.41. The van der Waals surface area contributed by atoms with Crippen LogP contribution in [0.25, 0.3) is 0 Å². The molecule has 1 aliphatic rings. The third-order valence-corrected chi connectivity index (χ3v) is 4.00. The first-order valence-corrected chi connectivity index (χ1v) is 9.41. The van der Waals surface area contributed by atoms with Gasteiger partial charge in [0.2, 0.25) is 5.78 Å². The molecule has 0 aromatic carbocycles. The van der Waals surface area contributed by atoms with E-state index in [2.05, 4.69) is 10.6 Å². The Morgan fingerprint density at radius 2 is 1.93 bits per heavy atom. The van der Waals surface area contributed by atoms with E-state index < -0.39 is 29.9 Å². The molecule has 2 unspecified atom stereocenters. The predicted octanol–water partition coefficient (Wildman–Crippen LogP) is 1.61. The fraction of sp³-hybridized carbons (Fsp3) is 0.789. The van der Waals surface area contributed by atoms with Gasteiger partial charge in [-0.05, 0) is 24.2 Å².